The fourth-order valence-corrected chi connectivity index (χ4v) is 2.85. The van der Waals surface area contributed by atoms with Crippen LogP contribution < -0.4 is 4.90 Å². The Morgan fingerprint density at radius 1 is 1.17 bits per heavy atom. The highest BCUT2D eigenvalue weighted by molar-refractivity contribution is 5.78. The molecule has 0 saturated carbocycles. The molecule has 1 saturated heterocycles. The molecule has 0 N–H and O–H groups in total. The van der Waals surface area contributed by atoms with Crippen molar-refractivity contribution in [2.75, 3.05) is 44.7 Å². The lowest BCUT2D eigenvalue weighted by atomic mass is 10.2. The molecule has 6 heteroatoms. The molecular formula is C18H22FN3O2. The van der Waals surface area contributed by atoms with Crippen molar-refractivity contribution < 1.29 is 13.6 Å². The van der Waals surface area contributed by atoms with Gasteiger partial charge in [-0.15, -0.1) is 0 Å². The summed E-state index contributed by atoms with van der Waals surface area (Å²) in [7, 11) is 1.79. The SMILES string of the molecule is CN(Cc1ccco1)C(=O)CN1CCN(c2ccc(F)cc2)CC1. The number of carbonyl (C=O) groups is 1. The Balaban J connectivity index is 1.46. The highest BCUT2D eigenvalue weighted by Crippen LogP contribution is 2.17. The summed E-state index contributed by atoms with van der Waals surface area (Å²) in [4.78, 5) is 18.4. The lowest BCUT2D eigenvalue weighted by Gasteiger charge is -2.36. The van der Waals surface area contributed by atoms with Crippen LogP contribution in [0, 0.1) is 5.82 Å². The monoisotopic (exact) mass is 331 g/mol. The minimum atomic E-state index is -0.220. The predicted molar refractivity (Wildman–Crippen MR) is 90.2 cm³/mol. The van der Waals surface area contributed by atoms with E-state index in [1.807, 2.05) is 12.1 Å². The predicted octanol–water partition coefficient (Wildman–Crippen LogP) is 2.20. The number of piperazine rings is 1. The van der Waals surface area contributed by atoms with E-state index in [9.17, 15) is 9.18 Å². The number of hydrogen-bond donors (Lipinski definition) is 0. The normalized spacial score (nSPS) is 15.5. The number of nitrogens with zero attached hydrogens (tertiary/aromatic N) is 3. The molecule has 3 rings (SSSR count). The third-order valence-electron chi connectivity index (χ3n) is 4.32. The first-order valence-electron chi connectivity index (χ1n) is 8.11. The summed E-state index contributed by atoms with van der Waals surface area (Å²) < 4.78 is 18.3. The first-order valence-corrected chi connectivity index (χ1v) is 8.11. The van der Waals surface area contributed by atoms with E-state index < -0.39 is 0 Å². The number of anilines is 1. The number of likely N-dealkylation sites (N-methyl/N-ethyl adjacent to an activating group) is 1. The zero-order chi connectivity index (χ0) is 16.9. The molecular weight excluding hydrogens is 309 g/mol. The van der Waals surface area contributed by atoms with Crippen LogP contribution in [0.1, 0.15) is 5.76 Å². The van der Waals surface area contributed by atoms with Crippen LogP contribution in [0.3, 0.4) is 0 Å². The quantitative estimate of drug-likeness (QED) is 0.842. The average molecular weight is 331 g/mol. The maximum absolute atomic E-state index is 13.0. The molecule has 0 spiro atoms. The van der Waals surface area contributed by atoms with Gasteiger partial charge >= 0.3 is 0 Å². The van der Waals surface area contributed by atoms with Gasteiger partial charge in [-0.1, -0.05) is 0 Å². The van der Waals surface area contributed by atoms with Gasteiger partial charge < -0.3 is 14.2 Å². The van der Waals surface area contributed by atoms with Crippen molar-refractivity contribution in [3.05, 3.63) is 54.2 Å². The third kappa shape index (κ3) is 4.14. The van der Waals surface area contributed by atoms with Crippen molar-refractivity contribution >= 4 is 11.6 Å². The van der Waals surface area contributed by atoms with E-state index in [2.05, 4.69) is 9.80 Å². The number of amides is 1. The second-order valence-electron chi connectivity index (χ2n) is 6.07. The van der Waals surface area contributed by atoms with Gasteiger partial charge in [-0.3, -0.25) is 9.69 Å². The van der Waals surface area contributed by atoms with Crippen LogP contribution in [-0.4, -0.2) is 55.5 Å². The molecule has 0 radical (unpaired) electrons. The fraction of sp³-hybridized carbons (Fsp3) is 0.389. The second-order valence-corrected chi connectivity index (χ2v) is 6.07. The lowest BCUT2D eigenvalue weighted by Crippen LogP contribution is -2.49. The van der Waals surface area contributed by atoms with Gasteiger partial charge in [0.15, 0.2) is 0 Å². The molecule has 0 unspecified atom stereocenters. The molecule has 5 nitrogen and oxygen atoms in total. The summed E-state index contributed by atoms with van der Waals surface area (Å²) in [6.45, 7) is 4.20. The van der Waals surface area contributed by atoms with E-state index in [0.29, 0.717) is 13.1 Å². The molecule has 1 aliphatic rings. The topological polar surface area (TPSA) is 39.9 Å². The maximum Gasteiger partial charge on any atom is 0.236 e. The minimum Gasteiger partial charge on any atom is -0.467 e. The summed E-state index contributed by atoms with van der Waals surface area (Å²) in [5.41, 5.74) is 1.03. The summed E-state index contributed by atoms with van der Waals surface area (Å²) in [5.74, 6) is 0.649. The van der Waals surface area contributed by atoms with E-state index in [4.69, 9.17) is 4.42 Å². The Morgan fingerprint density at radius 2 is 1.88 bits per heavy atom. The van der Waals surface area contributed by atoms with E-state index >= 15 is 0 Å². The fourth-order valence-electron chi connectivity index (χ4n) is 2.85. The molecule has 2 heterocycles. The van der Waals surface area contributed by atoms with Gasteiger partial charge in [-0.25, -0.2) is 4.39 Å². The number of benzene rings is 1. The van der Waals surface area contributed by atoms with Crippen LogP contribution in [0.4, 0.5) is 10.1 Å². The Morgan fingerprint density at radius 3 is 2.50 bits per heavy atom. The molecule has 1 fully saturated rings. The van der Waals surface area contributed by atoms with Crippen molar-refractivity contribution in [3.8, 4) is 0 Å². The number of carbonyl (C=O) groups excluding carboxylic acids is 1. The smallest absolute Gasteiger partial charge is 0.236 e. The highest BCUT2D eigenvalue weighted by Gasteiger charge is 2.21. The van der Waals surface area contributed by atoms with Crippen molar-refractivity contribution in [2.45, 2.75) is 6.54 Å². The first-order chi connectivity index (χ1) is 11.6. The number of hydrogen-bond acceptors (Lipinski definition) is 4. The minimum absolute atomic E-state index is 0.0848. The molecule has 1 aliphatic heterocycles. The highest BCUT2D eigenvalue weighted by atomic mass is 19.1. The molecule has 1 amide bonds. The van der Waals surface area contributed by atoms with Crippen LogP contribution in [0.5, 0.6) is 0 Å². The van der Waals surface area contributed by atoms with E-state index in [-0.39, 0.29) is 11.7 Å². The van der Waals surface area contributed by atoms with Gasteiger partial charge in [-0.2, -0.15) is 0 Å². The van der Waals surface area contributed by atoms with Crippen LogP contribution in [0.15, 0.2) is 47.1 Å². The number of furan rings is 1. The second kappa shape index (κ2) is 7.49. The summed E-state index contributed by atoms with van der Waals surface area (Å²) >= 11 is 0. The summed E-state index contributed by atoms with van der Waals surface area (Å²) in [6, 6.07) is 10.2. The van der Waals surface area contributed by atoms with Gasteiger partial charge in [0.05, 0.1) is 19.4 Å². The van der Waals surface area contributed by atoms with E-state index in [1.165, 1.54) is 12.1 Å². The van der Waals surface area contributed by atoms with Gasteiger partial charge in [0, 0.05) is 38.9 Å². The lowest BCUT2D eigenvalue weighted by molar-refractivity contribution is -0.131. The largest absolute Gasteiger partial charge is 0.467 e. The maximum atomic E-state index is 13.0. The van der Waals surface area contributed by atoms with Crippen molar-refractivity contribution in [1.82, 2.24) is 9.80 Å². The Kier molecular flexibility index (Phi) is 5.15. The van der Waals surface area contributed by atoms with Crippen LogP contribution in [-0.2, 0) is 11.3 Å². The average Bonchev–Trinajstić information content (AvgIpc) is 3.09. The summed E-state index contributed by atoms with van der Waals surface area (Å²) in [6.07, 6.45) is 1.61. The number of halogens is 1. The van der Waals surface area contributed by atoms with Crippen LogP contribution in [0.2, 0.25) is 0 Å². The molecule has 0 aliphatic carbocycles. The Labute approximate surface area is 141 Å². The third-order valence-corrected chi connectivity index (χ3v) is 4.32. The molecule has 2 aromatic rings. The first kappa shape index (κ1) is 16.5. The van der Waals surface area contributed by atoms with Crippen molar-refractivity contribution in [2.24, 2.45) is 0 Å². The van der Waals surface area contributed by atoms with E-state index in [0.717, 1.165) is 37.6 Å². The Bertz CT molecular complexity index is 649. The molecule has 24 heavy (non-hydrogen) atoms. The molecule has 0 bridgehead atoms. The van der Waals surface area contributed by atoms with E-state index in [1.54, 1.807) is 30.3 Å². The molecule has 0 atom stereocenters. The van der Waals surface area contributed by atoms with Crippen LogP contribution in [0.25, 0.3) is 0 Å². The van der Waals surface area contributed by atoms with Crippen LogP contribution >= 0.6 is 0 Å². The number of rotatable bonds is 5. The zero-order valence-corrected chi connectivity index (χ0v) is 13.8. The molecule has 1 aromatic carbocycles. The zero-order valence-electron chi connectivity index (χ0n) is 13.8. The van der Waals surface area contributed by atoms with Gasteiger partial charge in [0.1, 0.15) is 11.6 Å². The summed E-state index contributed by atoms with van der Waals surface area (Å²) in [5, 5.41) is 0. The van der Waals surface area contributed by atoms with Gasteiger partial charge in [-0.05, 0) is 36.4 Å². The molecule has 1 aromatic heterocycles. The standard InChI is InChI=1S/C18H22FN3O2/c1-20(13-17-3-2-12-24-17)18(23)14-21-8-10-22(11-9-21)16-6-4-15(19)5-7-16/h2-7,12H,8-11,13-14H2,1H3. The van der Waals surface area contributed by atoms with Gasteiger partial charge in [0.25, 0.3) is 0 Å². The molecule has 128 valence electrons. The van der Waals surface area contributed by atoms with Crippen molar-refractivity contribution in [3.63, 3.8) is 0 Å². The van der Waals surface area contributed by atoms with Crippen molar-refractivity contribution in [1.29, 1.82) is 0 Å². The Hall–Kier alpha value is -2.34. The van der Waals surface area contributed by atoms with Gasteiger partial charge in [0.2, 0.25) is 5.91 Å².